The van der Waals surface area contributed by atoms with E-state index in [1.54, 1.807) is 11.3 Å². The van der Waals surface area contributed by atoms with Crippen LogP contribution in [-0.2, 0) is 13.1 Å². The fourth-order valence-corrected chi connectivity index (χ4v) is 3.18. The molecular formula is C19H28IN5OS. The van der Waals surface area contributed by atoms with Gasteiger partial charge in [-0.15, -0.1) is 35.3 Å². The summed E-state index contributed by atoms with van der Waals surface area (Å²) in [5.74, 6) is 0.706. The van der Waals surface area contributed by atoms with Crippen LogP contribution in [0.15, 0.2) is 29.3 Å². The molecule has 0 saturated carbocycles. The van der Waals surface area contributed by atoms with E-state index in [9.17, 15) is 4.79 Å². The summed E-state index contributed by atoms with van der Waals surface area (Å²) < 4.78 is 0. The van der Waals surface area contributed by atoms with E-state index in [1.807, 2.05) is 45.0 Å². The van der Waals surface area contributed by atoms with E-state index in [4.69, 9.17) is 0 Å². The lowest BCUT2D eigenvalue weighted by atomic mass is 10.1. The fraction of sp³-hybridized carbons (Fsp3) is 0.421. The summed E-state index contributed by atoms with van der Waals surface area (Å²) in [6.45, 7) is 10.7. The average Bonchev–Trinajstić information content (AvgIpc) is 2.96. The summed E-state index contributed by atoms with van der Waals surface area (Å²) in [6.07, 6.45) is 0. The topological polar surface area (TPSA) is 78.4 Å². The van der Waals surface area contributed by atoms with Crippen molar-refractivity contribution in [3.8, 4) is 0 Å². The normalized spacial score (nSPS) is 10.9. The van der Waals surface area contributed by atoms with Crippen LogP contribution in [0, 0.1) is 13.8 Å². The largest absolute Gasteiger partial charge is 0.357 e. The molecule has 1 amide bonds. The number of aliphatic imine (C=N–C) groups is 1. The zero-order valence-corrected chi connectivity index (χ0v) is 19.4. The van der Waals surface area contributed by atoms with Gasteiger partial charge in [0.2, 0.25) is 0 Å². The molecule has 27 heavy (non-hydrogen) atoms. The Bertz CT molecular complexity index is 738. The first-order chi connectivity index (χ1) is 12.5. The number of rotatable bonds is 7. The number of thiazole rings is 1. The molecule has 0 unspecified atom stereocenters. The van der Waals surface area contributed by atoms with Crippen LogP contribution >= 0.6 is 35.3 Å². The van der Waals surface area contributed by atoms with E-state index in [2.05, 4.69) is 32.9 Å². The van der Waals surface area contributed by atoms with Crippen LogP contribution in [-0.4, -0.2) is 29.9 Å². The second-order valence-electron chi connectivity index (χ2n) is 5.85. The van der Waals surface area contributed by atoms with Gasteiger partial charge in [0, 0.05) is 23.5 Å². The van der Waals surface area contributed by atoms with Crippen molar-refractivity contribution in [3.63, 3.8) is 0 Å². The number of nitrogens with one attached hydrogen (secondary N) is 3. The van der Waals surface area contributed by atoms with Gasteiger partial charge in [0.15, 0.2) is 5.96 Å². The molecule has 1 aromatic heterocycles. The van der Waals surface area contributed by atoms with Crippen LogP contribution in [0.25, 0.3) is 0 Å². The predicted octanol–water partition coefficient (Wildman–Crippen LogP) is 3.38. The Labute approximate surface area is 182 Å². The van der Waals surface area contributed by atoms with Crippen molar-refractivity contribution < 1.29 is 4.79 Å². The SMILES string of the molecule is CCNC(=O)c1ccc(CN=C(NCC)NCc2nc(C)c(C)s2)cc1.I. The Hall–Kier alpha value is -1.68. The molecule has 0 aliphatic heterocycles. The van der Waals surface area contributed by atoms with Crippen molar-refractivity contribution in [1.82, 2.24) is 20.9 Å². The number of guanidine groups is 1. The number of aromatic nitrogens is 1. The molecule has 2 aromatic rings. The zero-order valence-electron chi connectivity index (χ0n) is 16.3. The Morgan fingerprint density at radius 2 is 1.74 bits per heavy atom. The molecular weight excluding hydrogens is 473 g/mol. The van der Waals surface area contributed by atoms with E-state index in [1.165, 1.54) is 4.88 Å². The van der Waals surface area contributed by atoms with Crippen LogP contribution in [0.1, 0.15) is 45.3 Å². The lowest BCUT2D eigenvalue weighted by molar-refractivity contribution is 0.0956. The number of carbonyl (C=O) groups excluding carboxylic acids is 1. The Morgan fingerprint density at radius 1 is 1.07 bits per heavy atom. The van der Waals surface area contributed by atoms with Crippen molar-refractivity contribution in [2.75, 3.05) is 13.1 Å². The minimum Gasteiger partial charge on any atom is -0.357 e. The highest BCUT2D eigenvalue weighted by Crippen LogP contribution is 2.15. The van der Waals surface area contributed by atoms with Gasteiger partial charge in [0.05, 0.1) is 18.8 Å². The van der Waals surface area contributed by atoms with Gasteiger partial charge in [-0.05, 0) is 45.4 Å². The highest BCUT2D eigenvalue weighted by atomic mass is 127. The van der Waals surface area contributed by atoms with Crippen molar-refractivity contribution in [1.29, 1.82) is 0 Å². The van der Waals surface area contributed by atoms with Gasteiger partial charge in [-0.1, -0.05) is 12.1 Å². The zero-order chi connectivity index (χ0) is 18.9. The second-order valence-corrected chi connectivity index (χ2v) is 7.14. The summed E-state index contributed by atoms with van der Waals surface area (Å²) in [5, 5.41) is 10.4. The van der Waals surface area contributed by atoms with Crippen LogP contribution in [0.5, 0.6) is 0 Å². The van der Waals surface area contributed by atoms with Crippen molar-refractivity contribution in [2.45, 2.75) is 40.8 Å². The Morgan fingerprint density at radius 3 is 2.30 bits per heavy atom. The van der Waals surface area contributed by atoms with Gasteiger partial charge in [-0.3, -0.25) is 4.79 Å². The maximum atomic E-state index is 11.8. The van der Waals surface area contributed by atoms with Gasteiger partial charge in [-0.2, -0.15) is 0 Å². The van der Waals surface area contributed by atoms with Gasteiger partial charge < -0.3 is 16.0 Å². The molecule has 2 rings (SSSR count). The predicted molar refractivity (Wildman–Crippen MR) is 123 cm³/mol. The molecule has 0 aliphatic carbocycles. The smallest absolute Gasteiger partial charge is 0.251 e. The molecule has 0 atom stereocenters. The number of benzene rings is 1. The number of hydrogen-bond acceptors (Lipinski definition) is 4. The van der Waals surface area contributed by atoms with E-state index < -0.39 is 0 Å². The average molecular weight is 501 g/mol. The summed E-state index contributed by atoms with van der Waals surface area (Å²) in [5.41, 5.74) is 2.80. The standard InChI is InChI=1S/C19H27N5OS.HI/c1-5-20-18(25)16-9-7-15(8-10-16)11-22-19(21-6-2)23-12-17-24-13(3)14(4)26-17;/h7-10H,5-6,11-12H2,1-4H3,(H,20,25)(H2,21,22,23);1H. The number of halogens is 1. The number of carbonyl (C=O) groups is 1. The molecule has 0 radical (unpaired) electrons. The highest BCUT2D eigenvalue weighted by Gasteiger charge is 2.06. The molecule has 3 N–H and O–H groups in total. The van der Waals surface area contributed by atoms with E-state index in [0.29, 0.717) is 25.2 Å². The van der Waals surface area contributed by atoms with Crippen LogP contribution < -0.4 is 16.0 Å². The number of amides is 1. The number of hydrogen-bond donors (Lipinski definition) is 3. The number of aryl methyl sites for hydroxylation is 2. The lowest BCUT2D eigenvalue weighted by Crippen LogP contribution is -2.36. The number of nitrogens with zero attached hydrogens (tertiary/aromatic N) is 2. The monoisotopic (exact) mass is 501 g/mol. The Balaban J connectivity index is 0.00000364. The maximum absolute atomic E-state index is 11.8. The van der Waals surface area contributed by atoms with E-state index in [0.717, 1.165) is 28.8 Å². The van der Waals surface area contributed by atoms with E-state index >= 15 is 0 Å². The molecule has 0 fully saturated rings. The molecule has 0 saturated heterocycles. The lowest BCUT2D eigenvalue weighted by Gasteiger charge is -2.10. The minimum absolute atomic E-state index is 0. The molecule has 148 valence electrons. The van der Waals surface area contributed by atoms with Crippen molar-refractivity contribution in [3.05, 3.63) is 51.0 Å². The van der Waals surface area contributed by atoms with E-state index in [-0.39, 0.29) is 29.9 Å². The third-order valence-electron chi connectivity index (χ3n) is 3.80. The van der Waals surface area contributed by atoms with Crippen LogP contribution in [0.2, 0.25) is 0 Å². The highest BCUT2D eigenvalue weighted by molar-refractivity contribution is 14.0. The second kappa shape index (κ2) is 11.9. The third-order valence-corrected chi connectivity index (χ3v) is 4.87. The van der Waals surface area contributed by atoms with Gasteiger partial charge in [-0.25, -0.2) is 9.98 Å². The van der Waals surface area contributed by atoms with Crippen LogP contribution in [0.3, 0.4) is 0 Å². The molecule has 1 aromatic carbocycles. The first-order valence-corrected chi connectivity index (χ1v) is 9.67. The molecule has 0 aliphatic rings. The fourth-order valence-electron chi connectivity index (χ4n) is 2.31. The summed E-state index contributed by atoms with van der Waals surface area (Å²) in [4.78, 5) is 22.2. The molecule has 1 heterocycles. The van der Waals surface area contributed by atoms with Crippen molar-refractivity contribution >= 4 is 47.2 Å². The summed E-state index contributed by atoms with van der Waals surface area (Å²) in [6, 6.07) is 7.53. The molecule has 6 nitrogen and oxygen atoms in total. The molecule has 8 heteroatoms. The maximum Gasteiger partial charge on any atom is 0.251 e. The quantitative estimate of drug-likeness (QED) is 0.309. The Kier molecular flexibility index (Phi) is 10.3. The summed E-state index contributed by atoms with van der Waals surface area (Å²) in [7, 11) is 0. The molecule has 0 spiro atoms. The summed E-state index contributed by atoms with van der Waals surface area (Å²) >= 11 is 1.70. The first-order valence-electron chi connectivity index (χ1n) is 8.85. The minimum atomic E-state index is -0.0495. The molecule has 0 bridgehead atoms. The van der Waals surface area contributed by atoms with Gasteiger partial charge >= 0.3 is 0 Å². The third kappa shape index (κ3) is 7.45. The van der Waals surface area contributed by atoms with Gasteiger partial charge in [0.1, 0.15) is 5.01 Å². The van der Waals surface area contributed by atoms with Gasteiger partial charge in [0.25, 0.3) is 5.91 Å². The van der Waals surface area contributed by atoms with Crippen molar-refractivity contribution in [2.24, 2.45) is 4.99 Å². The first kappa shape index (κ1) is 23.4. The van der Waals surface area contributed by atoms with Crippen LogP contribution in [0.4, 0.5) is 0 Å².